The van der Waals surface area contributed by atoms with Gasteiger partial charge in [0.1, 0.15) is 5.82 Å². The van der Waals surface area contributed by atoms with Gasteiger partial charge in [0.05, 0.1) is 10.6 Å². The van der Waals surface area contributed by atoms with Crippen LogP contribution in [0.5, 0.6) is 0 Å². The molecule has 0 spiro atoms. The third kappa shape index (κ3) is 3.10. The minimum Gasteiger partial charge on any atom is -0.388 e. The standard InChI is InChI=1S/C17H18BrFO/c1-10-7-11(2)14(12(3)8-10)9-16(20)13-5-4-6-15(19)17(13)18/h4-8,16,20H,9H2,1-3H3. The Kier molecular flexibility index (Phi) is 4.61. The molecule has 2 aromatic carbocycles. The number of rotatable bonds is 3. The average molecular weight is 337 g/mol. The summed E-state index contributed by atoms with van der Waals surface area (Å²) in [6.07, 6.45) is -0.236. The molecule has 1 unspecified atom stereocenters. The molecule has 0 aromatic heterocycles. The molecule has 0 saturated carbocycles. The third-order valence-electron chi connectivity index (χ3n) is 3.58. The molecule has 0 aliphatic carbocycles. The van der Waals surface area contributed by atoms with Gasteiger partial charge in [-0.2, -0.15) is 0 Å². The summed E-state index contributed by atoms with van der Waals surface area (Å²) in [6, 6.07) is 8.96. The molecule has 0 radical (unpaired) electrons. The zero-order chi connectivity index (χ0) is 14.9. The van der Waals surface area contributed by atoms with E-state index < -0.39 is 6.10 Å². The average Bonchev–Trinajstić information content (AvgIpc) is 2.36. The first-order chi connectivity index (χ1) is 9.40. The van der Waals surface area contributed by atoms with Gasteiger partial charge < -0.3 is 5.11 Å². The van der Waals surface area contributed by atoms with E-state index in [4.69, 9.17) is 0 Å². The Balaban J connectivity index is 2.33. The van der Waals surface area contributed by atoms with Crippen LogP contribution in [0, 0.1) is 26.6 Å². The molecule has 1 atom stereocenters. The van der Waals surface area contributed by atoms with Crippen molar-refractivity contribution in [2.24, 2.45) is 0 Å². The molecule has 0 fully saturated rings. The lowest BCUT2D eigenvalue weighted by Crippen LogP contribution is -2.06. The normalized spacial score (nSPS) is 12.5. The van der Waals surface area contributed by atoms with E-state index in [-0.39, 0.29) is 5.82 Å². The number of aryl methyl sites for hydroxylation is 3. The van der Waals surface area contributed by atoms with Crippen LogP contribution < -0.4 is 0 Å². The fourth-order valence-corrected chi connectivity index (χ4v) is 3.14. The summed E-state index contributed by atoms with van der Waals surface area (Å²) < 4.78 is 13.9. The molecule has 0 aliphatic heterocycles. The second-order valence-electron chi connectivity index (χ2n) is 5.24. The van der Waals surface area contributed by atoms with Crippen molar-refractivity contribution in [1.82, 2.24) is 0 Å². The summed E-state index contributed by atoms with van der Waals surface area (Å²) >= 11 is 3.21. The molecule has 3 heteroatoms. The van der Waals surface area contributed by atoms with Crippen molar-refractivity contribution in [3.05, 3.63) is 68.4 Å². The Hall–Kier alpha value is -1.19. The van der Waals surface area contributed by atoms with Gasteiger partial charge in [0, 0.05) is 6.42 Å². The van der Waals surface area contributed by atoms with Gasteiger partial charge >= 0.3 is 0 Å². The van der Waals surface area contributed by atoms with Crippen LogP contribution in [0.1, 0.15) is 33.9 Å². The number of hydrogen-bond donors (Lipinski definition) is 1. The summed E-state index contributed by atoms with van der Waals surface area (Å²) in [5.41, 5.74) is 5.25. The molecular weight excluding hydrogens is 319 g/mol. The zero-order valence-electron chi connectivity index (χ0n) is 11.9. The molecule has 2 aromatic rings. The van der Waals surface area contributed by atoms with E-state index in [0.717, 1.165) is 16.7 Å². The van der Waals surface area contributed by atoms with Crippen LogP contribution in [0.3, 0.4) is 0 Å². The van der Waals surface area contributed by atoms with Crippen molar-refractivity contribution < 1.29 is 9.50 Å². The van der Waals surface area contributed by atoms with Gasteiger partial charge in [-0.3, -0.25) is 0 Å². The van der Waals surface area contributed by atoms with E-state index in [1.165, 1.54) is 11.6 Å². The van der Waals surface area contributed by atoms with Gasteiger partial charge in [0.2, 0.25) is 0 Å². The van der Waals surface area contributed by atoms with Gasteiger partial charge in [-0.25, -0.2) is 4.39 Å². The molecule has 20 heavy (non-hydrogen) atoms. The predicted octanol–water partition coefficient (Wildman–Crippen LogP) is 4.79. The van der Waals surface area contributed by atoms with Crippen molar-refractivity contribution in [3.8, 4) is 0 Å². The lowest BCUT2D eigenvalue weighted by atomic mass is 9.93. The first-order valence-electron chi connectivity index (χ1n) is 6.59. The van der Waals surface area contributed by atoms with Gasteiger partial charge in [-0.15, -0.1) is 0 Å². The smallest absolute Gasteiger partial charge is 0.137 e. The number of hydrogen-bond acceptors (Lipinski definition) is 1. The van der Waals surface area contributed by atoms with Crippen LogP contribution in [0.4, 0.5) is 4.39 Å². The number of halogens is 2. The van der Waals surface area contributed by atoms with E-state index in [2.05, 4.69) is 35.0 Å². The van der Waals surface area contributed by atoms with Crippen LogP contribution in [-0.2, 0) is 6.42 Å². The summed E-state index contributed by atoms with van der Waals surface area (Å²) in [5, 5.41) is 10.4. The highest BCUT2D eigenvalue weighted by Gasteiger charge is 2.16. The molecule has 1 nitrogen and oxygen atoms in total. The molecular formula is C17H18BrFO. The van der Waals surface area contributed by atoms with E-state index >= 15 is 0 Å². The van der Waals surface area contributed by atoms with Crippen LogP contribution in [-0.4, -0.2) is 5.11 Å². The van der Waals surface area contributed by atoms with Crippen molar-refractivity contribution in [1.29, 1.82) is 0 Å². The Morgan fingerprint density at radius 2 is 1.75 bits per heavy atom. The highest BCUT2D eigenvalue weighted by Crippen LogP contribution is 2.30. The number of aliphatic hydroxyl groups is 1. The van der Waals surface area contributed by atoms with Crippen LogP contribution in [0.15, 0.2) is 34.8 Å². The second kappa shape index (κ2) is 6.06. The maximum Gasteiger partial charge on any atom is 0.137 e. The minimum atomic E-state index is -0.722. The van der Waals surface area contributed by atoms with Gasteiger partial charge in [-0.1, -0.05) is 29.8 Å². The van der Waals surface area contributed by atoms with Crippen molar-refractivity contribution >= 4 is 15.9 Å². The summed E-state index contributed by atoms with van der Waals surface area (Å²) in [6.45, 7) is 6.15. The van der Waals surface area contributed by atoms with Crippen molar-refractivity contribution in [2.45, 2.75) is 33.3 Å². The molecule has 0 aliphatic rings. The molecule has 1 N–H and O–H groups in total. The quantitative estimate of drug-likeness (QED) is 0.854. The van der Waals surface area contributed by atoms with Crippen molar-refractivity contribution in [3.63, 3.8) is 0 Å². The largest absolute Gasteiger partial charge is 0.388 e. The van der Waals surface area contributed by atoms with Crippen molar-refractivity contribution in [2.75, 3.05) is 0 Å². The van der Waals surface area contributed by atoms with Gasteiger partial charge in [0.25, 0.3) is 0 Å². The second-order valence-corrected chi connectivity index (χ2v) is 6.03. The molecule has 106 valence electrons. The summed E-state index contributed by atoms with van der Waals surface area (Å²) in [7, 11) is 0. The van der Waals surface area contributed by atoms with E-state index in [1.807, 2.05) is 13.8 Å². The van der Waals surface area contributed by atoms with E-state index in [1.54, 1.807) is 12.1 Å². The molecule has 0 saturated heterocycles. The first kappa shape index (κ1) is 15.2. The van der Waals surface area contributed by atoms with Crippen LogP contribution in [0.25, 0.3) is 0 Å². The zero-order valence-corrected chi connectivity index (χ0v) is 13.5. The summed E-state index contributed by atoms with van der Waals surface area (Å²) in [4.78, 5) is 0. The fourth-order valence-electron chi connectivity index (χ4n) is 2.61. The molecule has 0 amide bonds. The lowest BCUT2D eigenvalue weighted by Gasteiger charge is -2.17. The van der Waals surface area contributed by atoms with E-state index in [0.29, 0.717) is 16.5 Å². The number of aliphatic hydroxyl groups excluding tert-OH is 1. The van der Waals surface area contributed by atoms with E-state index in [9.17, 15) is 9.50 Å². The highest BCUT2D eigenvalue weighted by atomic mass is 79.9. The first-order valence-corrected chi connectivity index (χ1v) is 7.38. The monoisotopic (exact) mass is 336 g/mol. The Morgan fingerprint density at radius 1 is 1.15 bits per heavy atom. The highest BCUT2D eigenvalue weighted by molar-refractivity contribution is 9.10. The topological polar surface area (TPSA) is 20.2 Å². The van der Waals surface area contributed by atoms with Crippen LogP contribution >= 0.6 is 15.9 Å². The Morgan fingerprint density at radius 3 is 2.35 bits per heavy atom. The fraction of sp³-hybridized carbons (Fsp3) is 0.294. The predicted molar refractivity (Wildman–Crippen MR) is 83.4 cm³/mol. The minimum absolute atomic E-state index is 0.343. The Labute approximate surface area is 127 Å². The SMILES string of the molecule is Cc1cc(C)c(CC(O)c2cccc(F)c2Br)c(C)c1. The maximum absolute atomic E-state index is 13.5. The molecule has 0 heterocycles. The van der Waals surface area contributed by atoms with Crippen LogP contribution in [0.2, 0.25) is 0 Å². The molecule has 2 rings (SSSR count). The van der Waals surface area contributed by atoms with Gasteiger partial charge in [0.15, 0.2) is 0 Å². The summed E-state index contributed by atoms with van der Waals surface area (Å²) in [5.74, 6) is -0.348. The maximum atomic E-state index is 13.5. The molecule has 0 bridgehead atoms. The Bertz CT molecular complexity index is 614. The third-order valence-corrected chi connectivity index (χ3v) is 4.41. The lowest BCUT2D eigenvalue weighted by molar-refractivity contribution is 0.176. The van der Waals surface area contributed by atoms with Gasteiger partial charge in [-0.05, 0) is 65.0 Å². The number of benzene rings is 2.